The van der Waals surface area contributed by atoms with Crippen molar-refractivity contribution in [1.29, 1.82) is 5.26 Å². The van der Waals surface area contributed by atoms with Gasteiger partial charge in [-0.15, -0.1) is 0 Å². The molecule has 0 amide bonds. The second kappa shape index (κ2) is 6.65. The molecule has 0 bridgehead atoms. The molecule has 1 aromatic heterocycles. The van der Waals surface area contributed by atoms with Crippen molar-refractivity contribution in [2.45, 2.75) is 0 Å². The van der Waals surface area contributed by atoms with E-state index in [0.29, 0.717) is 27.9 Å². The Balaban J connectivity index is 2.19. The van der Waals surface area contributed by atoms with E-state index in [4.69, 9.17) is 21.1 Å². The summed E-state index contributed by atoms with van der Waals surface area (Å²) in [7, 11) is 3.12. The van der Waals surface area contributed by atoms with E-state index in [1.54, 1.807) is 38.5 Å². The number of nitriles is 1. The molecule has 120 valence electrons. The zero-order chi connectivity index (χ0) is 17.1. The lowest BCUT2D eigenvalue weighted by Crippen LogP contribution is -1.98. The van der Waals surface area contributed by atoms with Crippen LogP contribution < -0.4 is 14.8 Å². The van der Waals surface area contributed by atoms with E-state index in [0.717, 1.165) is 16.5 Å². The summed E-state index contributed by atoms with van der Waals surface area (Å²) in [6.45, 7) is 0. The molecule has 3 rings (SSSR count). The molecule has 6 heteroatoms. The average molecular weight is 340 g/mol. The summed E-state index contributed by atoms with van der Waals surface area (Å²) in [5.74, 6) is 1.73. The Labute approximate surface area is 144 Å². The van der Waals surface area contributed by atoms with E-state index in [1.165, 1.54) is 6.20 Å². The second-order valence-corrected chi connectivity index (χ2v) is 5.46. The van der Waals surface area contributed by atoms with Crippen LogP contribution in [0.1, 0.15) is 5.56 Å². The normalized spacial score (nSPS) is 10.2. The van der Waals surface area contributed by atoms with Crippen molar-refractivity contribution in [2.24, 2.45) is 0 Å². The summed E-state index contributed by atoms with van der Waals surface area (Å²) in [5, 5.41) is 14.7. The molecule has 3 aromatic rings. The molecule has 0 unspecified atom stereocenters. The van der Waals surface area contributed by atoms with Gasteiger partial charge in [-0.25, -0.2) is 4.98 Å². The number of nitrogens with one attached hydrogen (secondary N) is 1. The molecule has 0 radical (unpaired) electrons. The number of rotatable bonds is 4. The standard InChI is InChI=1S/C18H14ClN3O2/c1-23-16-7-14-11(9-20)10-21-18(15(14)8-17(16)24-2)22-13-5-3-4-12(19)6-13/h3-8,10H,1-2H3,(H,21,22). The van der Waals surface area contributed by atoms with Crippen LogP contribution in [0.3, 0.4) is 0 Å². The summed E-state index contributed by atoms with van der Waals surface area (Å²) in [6.07, 6.45) is 1.53. The highest BCUT2D eigenvalue weighted by Gasteiger charge is 2.13. The van der Waals surface area contributed by atoms with E-state index in [2.05, 4.69) is 16.4 Å². The predicted octanol–water partition coefficient (Wildman–Crippen LogP) is 4.52. The lowest BCUT2D eigenvalue weighted by Gasteiger charge is -2.13. The first kappa shape index (κ1) is 15.9. The number of nitrogens with zero attached hydrogens (tertiary/aromatic N) is 2. The molecule has 1 heterocycles. The van der Waals surface area contributed by atoms with Crippen LogP contribution in [0.15, 0.2) is 42.6 Å². The van der Waals surface area contributed by atoms with E-state index >= 15 is 0 Å². The number of fused-ring (bicyclic) bond motifs is 1. The molecule has 24 heavy (non-hydrogen) atoms. The summed E-state index contributed by atoms with van der Waals surface area (Å²) in [5.41, 5.74) is 1.26. The van der Waals surface area contributed by atoms with Crippen molar-refractivity contribution >= 4 is 33.9 Å². The highest BCUT2D eigenvalue weighted by atomic mass is 35.5. The number of ether oxygens (including phenoxy) is 2. The smallest absolute Gasteiger partial charge is 0.161 e. The highest BCUT2D eigenvalue weighted by Crippen LogP contribution is 2.36. The lowest BCUT2D eigenvalue weighted by molar-refractivity contribution is 0.356. The molecule has 5 nitrogen and oxygen atoms in total. The molecule has 0 aliphatic heterocycles. The Kier molecular flexibility index (Phi) is 4.41. The maximum absolute atomic E-state index is 9.34. The van der Waals surface area contributed by atoms with Crippen LogP contribution in [0.25, 0.3) is 10.8 Å². The van der Waals surface area contributed by atoms with Gasteiger partial charge in [0, 0.05) is 27.7 Å². The number of pyridine rings is 1. The maximum atomic E-state index is 9.34. The zero-order valence-corrected chi connectivity index (χ0v) is 13.9. The van der Waals surface area contributed by atoms with Gasteiger partial charge in [0.15, 0.2) is 11.5 Å². The van der Waals surface area contributed by atoms with E-state index < -0.39 is 0 Å². The highest BCUT2D eigenvalue weighted by molar-refractivity contribution is 6.30. The van der Waals surface area contributed by atoms with Crippen molar-refractivity contribution < 1.29 is 9.47 Å². The molecule has 2 aromatic carbocycles. The third-order valence-electron chi connectivity index (χ3n) is 3.60. The zero-order valence-electron chi connectivity index (χ0n) is 13.1. The van der Waals surface area contributed by atoms with Crippen molar-refractivity contribution in [3.8, 4) is 17.6 Å². The Morgan fingerprint density at radius 1 is 1.08 bits per heavy atom. The molecule has 0 saturated carbocycles. The quantitative estimate of drug-likeness (QED) is 0.756. The fourth-order valence-corrected chi connectivity index (χ4v) is 2.65. The van der Waals surface area contributed by atoms with Gasteiger partial charge in [-0.3, -0.25) is 0 Å². The molecule has 0 atom stereocenters. The number of hydrogen-bond acceptors (Lipinski definition) is 5. The molecular weight excluding hydrogens is 326 g/mol. The predicted molar refractivity (Wildman–Crippen MR) is 94.3 cm³/mol. The van der Waals surface area contributed by atoms with E-state index in [-0.39, 0.29) is 0 Å². The molecule has 1 N–H and O–H groups in total. The number of benzene rings is 2. The van der Waals surface area contributed by atoms with Crippen molar-refractivity contribution in [2.75, 3.05) is 19.5 Å². The first-order valence-corrected chi connectivity index (χ1v) is 7.51. The number of hydrogen-bond donors (Lipinski definition) is 1. The van der Waals surface area contributed by atoms with Gasteiger partial charge in [0.25, 0.3) is 0 Å². The third kappa shape index (κ3) is 2.92. The maximum Gasteiger partial charge on any atom is 0.161 e. The third-order valence-corrected chi connectivity index (χ3v) is 3.83. The number of methoxy groups -OCH3 is 2. The van der Waals surface area contributed by atoms with Gasteiger partial charge in [-0.2, -0.15) is 5.26 Å². The van der Waals surface area contributed by atoms with Crippen LogP contribution in [0, 0.1) is 11.3 Å². The van der Waals surface area contributed by atoms with Crippen LogP contribution in [0.5, 0.6) is 11.5 Å². The molecule has 0 aliphatic carbocycles. The fourth-order valence-electron chi connectivity index (χ4n) is 2.46. The summed E-state index contributed by atoms with van der Waals surface area (Å²) >= 11 is 6.02. The number of aromatic nitrogens is 1. The van der Waals surface area contributed by atoms with Gasteiger partial charge in [-0.05, 0) is 30.3 Å². The molecule has 0 aliphatic rings. The molecule has 0 saturated heterocycles. The molecule has 0 fully saturated rings. The van der Waals surface area contributed by atoms with Crippen LogP contribution in [0.2, 0.25) is 5.02 Å². The summed E-state index contributed by atoms with van der Waals surface area (Å²) in [4.78, 5) is 4.36. The summed E-state index contributed by atoms with van der Waals surface area (Å²) in [6, 6.07) is 13.1. The van der Waals surface area contributed by atoms with E-state index in [1.807, 2.05) is 12.1 Å². The lowest BCUT2D eigenvalue weighted by atomic mass is 10.1. The van der Waals surface area contributed by atoms with Gasteiger partial charge in [0.2, 0.25) is 0 Å². The van der Waals surface area contributed by atoms with Crippen LogP contribution in [-0.4, -0.2) is 19.2 Å². The minimum Gasteiger partial charge on any atom is -0.493 e. The molecule has 0 spiro atoms. The SMILES string of the molecule is COc1cc2c(C#N)cnc(Nc3cccc(Cl)c3)c2cc1OC. The summed E-state index contributed by atoms with van der Waals surface area (Å²) < 4.78 is 10.7. The van der Waals surface area contributed by atoms with Crippen molar-refractivity contribution in [1.82, 2.24) is 4.98 Å². The average Bonchev–Trinajstić information content (AvgIpc) is 2.60. The second-order valence-electron chi connectivity index (χ2n) is 5.02. The van der Waals surface area contributed by atoms with Gasteiger partial charge in [0.1, 0.15) is 11.9 Å². The van der Waals surface area contributed by atoms with Crippen molar-refractivity contribution in [3.63, 3.8) is 0 Å². The Bertz CT molecular complexity index is 951. The van der Waals surface area contributed by atoms with Crippen LogP contribution >= 0.6 is 11.6 Å². The van der Waals surface area contributed by atoms with Gasteiger partial charge in [0.05, 0.1) is 19.8 Å². The minimum absolute atomic E-state index is 0.461. The largest absolute Gasteiger partial charge is 0.493 e. The monoisotopic (exact) mass is 339 g/mol. The van der Waals surface area contributed by atoms with Gasteiger partial charge < -0.3 is 14.8 Å². The van der Waals surface area contributed by atoms with E-state index in [9.17, 15) is 5.26 Å². The topological polar surface area (TPSA) is 67.2 Å². The Morgan fingerprint density at radius 2 is 1.79 bits per heavy atom. The first-order chi connectivity index (χ1) is 11.7. The fraction of sp³-hybridized carbons (Fsp3) is 0.111. The Hall–Kier alpha value is -2.97. The first-order valence-electron chi connectivity index (χ1n) is 7.13. The van der Waals surface area contributed by atoms with Crippen LogP contribution in [0.4, 0.5) is 11.5 Å². The Morgan fingerprint density at radius 3 is 2.42 bits per heavy atom. The number of halogens is 1. The van der Waals surface area contributed by atoms with Crippen molar-refractivity contribution in [3.05, 3.63) is 53.2 Å². The number of anilines is 2. The van der Waals surface area contributed by atoms with Gasteiger partial charge >= 0.3 is 0 Å². The minimum atomic E-state index is 0.461. The van der Waals surface area contributed by atoms with Crippen LogP contribution in [-0.2, 0) is 0 Å². The molecular formula is C18H14ClN3O2. The van der Waals surface area contributed by atoms with Gasteiger partial charge in [-0.1, -0.05) is 17.7 Å².